The number of rotatable bonds is 3. The van der Waals surface area contributed by atoms with E-state index in [0.29, 0.717) is 23.1 Å². The van der Waals surface area contributed by atoms with Crippen LogP contribution < -0.4 is 15.2 Å². The van der Waals surface area contributed by atoms with E-state index in [1.807, 2.05) is 20.0 Å². The molecule has 0 atom stereocenters. The fourth-order valence-electron chi connectivity index (χ4n) is 1.53. The normalized spacial score (nSPS) is 10.3. The zero-order valence-corrected chi connectivity index (χ0v) is 10.1. The standard InChI is InChI=1S/C12H15N3O2/c1-8-6-12(15(2)14-8)17-11-7-9(16-3)4-5-10(11)13/h4-7H,13H2,1-3H3. The molecule has 1 aromatic heterocycles. The van der Waals surface area contributed by atoms with Crippen LogP contribution >= 0.6 is 0 Å². The lowest BCUT2D eigenvalue weighted by Crippen LogP contribution is -1.98. The summed E-state index contributed by atoms with van der Waals surface area (Å²) in [6.07, 6.45) is 0. The molecule has 0 saturated heterocycles. The summed E-state index contributed by atoms with van der Waals surface area (Å²) < 4.78 is 12.5. The molecule has 5 nitrogen and oxygen atoms in total. The third-order valence-electron chi connectivity index (χ3n) is 2.39. The fraction of sp³-hybridized carbons (Fsp3) is 0.250. The first-order chi connectivity index (χ1) is 8.10. The predicted octanol–water partition coefficient (Wildman–Crippen LogP) is 2.11. The number of nitrogen functional groups attached to an aromatic ring is 1. The Balaban J connectivity index is 2.32. The molecule has 0 saturated carbocycles. The molecule has 0 aliphatic carbocycles. The molecule has 0 radical (unpaired) electrons. The van der Waals surface area contributed by atoms with E-state index in [1.165, 1.54) is 0 Å². The van der Waals surface area contributed by atoms with Gasteiger partial charge < -0.3 is 15.2 Å². The van der Waals surface area contributed by atoms with Crippen molar-refractivity contribution in [3.63, 3.8) is 0 Å². The van der Waals surface area contributed by atoms with Gasteiger partial charge in [-0.15, -0.1) is 0 Å². The van der Waals surface area contributed by atoms with Gasteiger partial charge in [-0.25, -0.2) is 4.68 Å². The number of aromatic nitrogens is 2. The van der Waals surface area contributed by atoms with E-state index < -0.39 is 0 Å². The molecule has 2 rings (SSSR count). The Kier molecular flexibility index (Phi) is 2.91. The molecular formula is C12H15N3O2. The molecule has 0 spiro atoms. The van der Waals surface area contributed by atoms with E-state index in [2.05, 4.69) is 5.10 Å². The quantitative estimate of drug-likeness (QED) is 0.825. The van der Waals surface area contributed by atoms with Gasteiger partial charge in [0, 0.05) is 19.2 Å². The molecule has 0 unspecified atom stereocenters. The Morgan fingerprint density at radius 1 is 1.29 bits per heavy atom. The van der Waals surface area contributed by atoms with Crippen molar-refractivity contribution in [2.45, 2.75) is 6.92 Å². The van der Waals surface area contributed by atoms with E-state index in [9.17, 15) is 0 Å². The van der Waals surface area contributed by atoms with E-state index in [0.717, 1.165) is 5.69 Å². The number of nitrogens with two attached hydrogens (primary N) is 1. The van der Waals surface area contributed by atoms with E-state index in [-0.39, 0.29) is 0 Å². The third-order valence-corrected chi connectivity index (χ3v) is 2.39. The maximum absolute atomic E-state index is 5.84. The summed E-state index contributed by atoms with van der Waals surface area (Å²) in [6, 6.07) is 7.13. The lowest BCUT2D eigenvalue weighted by Gasteiger charge is -2.09. The molecule has 2 aromatic rings. The molecule has 5 heteroatoms. The van der Waals surface area contributed by atoms with Crippen LogP contribution in [0.3, 0.4) is 0 Å². The van der Waals surface area contributed by atoms with Crippen LogP contribution in [0.15, 0.2) is 24.3 Å². The number of hydrogen-bond donors (Lipinski definition) is 1. The van der Waals surface area contributed by atoms with Crippen molar-refractivity contribution in [3.8, 4) is 17.4 Å². The van der Waals surface area contributed by atoms with Gasteiger partial charge in [0.1, 0.15) is 5.75 Å². The lowest BCUT2D eigenvalue weighted by atomic mass is 10.3. The first kappa shape index (κ1) is 11.3. The second-order valence-electron chi connectivity index (χ2n) is 3.75. The fourth-order valence-corrected chi connectivity index (χ4v) is 1.53. The SMILES string of the molecule is COc1ccc(N)c(Oc2cc(C)nn2C)c1. The number of methoxy groups -OCH3 is 1. The molecule has 1 heterocycles. The van der Waals surface area contributed by atoms with Crippen molar-refractivity contribution < 1.29 is 9.47 Å². The van der Waals surface area contributed by atoms with Crippen molar-refractivity contribution in [1.29, 1.82) is 0 Å². The summed E-state index contributed by atoms with van der Waals surface area (Å²) in [4.78, 5) is 0. The minimum absolute atomic E-state index is 0.560. The average Bonchev–Trinajstić information content (AvgIpc) is 2.60. The van der Waals surface area contributed by atoms with E-state index >= 15 is 0 Å². The van der Waals surface area contributed by atoms with Crippen LogP contribution in [0.1, 0.15) is 5.69 Å². The van der Waals surface area contributed by atoms with Gasteiger partial charge in [0.15, 0.2) is 5.75 Å². The van der Waals surface area contributed by atoms with Crippen molar-refractivity contribution in [2.75, 3.05) is 12.8 Å². The van der Waals surface area contributed by atoms with Crippen LogP contribution in [0.2, 0.25) is 0 Å². The summed E-state index contributed by atoms with van der Waals surface area (Å²) in [6.45, 7) is 1.90. The molecule has 0 amide bonds. The van der Waals surface area contributed by atoms with Crippen LogP contribution in [-0.2, 0) is 7.05 Å². The lowest BCUT2D eigenvalue weighted by molar-refractivity contribution is 0.403. The van der Waals surface area contributed by atoms with Gasteiger partial charge in [0.05, 0.1) is 18.5 Å². The van der Waals surface area contributed by atoms with Crippen molar-refractivity contribution in [2.24, 2.45) is 7.05 Å². The molecular weight excluding hydrogens is 218 g/mol. The van der Waals surface area contributed by atoms with Crippen LogP contribution in [0.25, 0.3) is 0 Å². The molecule has 0 bridgehead atoms. The molecule has 90 valence electrons. The highest BCUT2D eigenvalue weighted by Crippen LogP contribution is 2.31. The number of nitrogens with zero attached hydrogens (tertiary/aromatic N) is 2. The average molecular weight is 233 g/mol. The minimum atomic E-state index is 0.560. The Bertz CT molecular complexity index is 535. The molecule has 1 aromatic carbocycles. The monoisotopic (exact) mass is 233 g/mol. The zero-order chi connectivity index (χ0) is 12.4. The van der Waals surface area contributed by atoms with Gasteiger partial charge in [-0.1, -0.05) is 0 Å². The van der Waals surface area contributed by atoms with Crippen molar-refractivity contribution in [3.05, 3.63) is 30.0 Å². The topological polar surface area (TPSA) is 62.3 Å². The number of anilines is 1. The summed E-state index contributed by atoms with van der Waals surface area (Å²) in [7, 11) is 3.42. The highest BCUT2D eigenvalue weighted by Gasteiger charge is 2.08. The van der Waals surface area contributed by atoms with Crippen LogP contribution in [0.5, 0.6) is 17.4 Å². The predicted molar refractivity (Wildman–Crippen MR) is 65.4 cm³/mol. The van der Waals surface area contributed by atoms with Gasteiger partial charge in [0.25, 0.3) is 0 Å². The van der Waals surface area contributed by atoms with E-state index in [4.69, 9.17) is 15.2 Å². The Morgan fingerprint density at radius 3 is 2.65 bits per heavy atom. The maximum Gasteiger partial charge on any atom is 0.217 e. The number of ether oxygens (including phenoxy) is 2. The summed E-state index contributed by atoms with van der Waals surface area (Å²) in [5, 5.41) is 4.20. The van der Waals surface area contributed by atoms with Gasteiger partial charge in [-0.3, -0.25) is 0 Å². The van der Waals surface area contributed by atoms with Crippen LogP contribution in [-0.4, -0.2) is 16.9 Å². The number of hydrogen-bond acceptors (Lipinski definition) is 4. The number of benzene rings is 1. The maximum atomic E-state index is 5.84. The first-order valence-electron chi connectivity index (χ1n) is 5.22. The summed E-state index contributed by atoms with van der Waals surface area (Å²) in [5.41, 5.74) is 7.29. The Hall–Kier alpha value is -2.17. The zero-order valence-electron chi connectivity index (χ0n) is 10.1. The van der Waals surface area contributed by atoms with Crippen LogP contribution in [0, 0.1) is 6.92 Å². The molecule has 17 heavy (non-hydrogen) atoms. The Labute approximate surface area is 99.8 Å². The molecule has 0 aliphatic heterocycles. The summed E-state index contributed by atoms with van der Waals surface area (Å²) >= 11 is 0. The molecule has 0 fully saturated rings. The smallest absolute Gasteiger partial charge is 0.217 e. The van der Waals surface area contributed by atoms with Crippen molar-refractivity contribution >= 4 is 5.69 Å². The highest BCUT2D eigenvalue weighted by molar-refractivity contribution is 5.56. The molecule has 2 N–H and O–H groups in total. The van der Waals surface area contributed by atoms with Gasteiger partial charge in [-0.05, 0) is 19.1 Å². The molecule has 0 aliphatic rings. The largest absolute Gasteiger partial charge is 0.497 e. The minimum Gasteiger partial charge on any atom is -0.497 e. The Morgan fingerprint density at radius 2 is 2.06 bits per heavy atom. The van der Waals surface area contributed by atoms with Crippen LogP contribution in [0.4, 0.5) is 5.69 Å². The van der Waals surface area contributed by atoms with Gasteiger partial charge in [-0.2, -0.15) is 5.10 Å². The van der Waals surface area contributed by atoms with E-state index in [1.54, 1.807) is 30.0 Å². The first-order valence-corrected chi connectivity index (χ1v) is 5.22. The summed E-state index contributed by atoms with van der Waals surface area (Å²) in [5.74, 6) is 1.91. The second kappa shape index (κ2) is 4.37. The van der Waals surface area contributed by atoms with Gasteiger partial charge in [0.2, 0.25) is 5.88 Å². The van der Waals surface area contributed by atoms with Gasteiger partial charge >= 0.3 is 0 Å². The van der Waals surface area contributed by atoms with Crippen molar-refractivity contribution in [1.82, 2.24) is 9.78 Å². The second-order valence-corrected chi connectivity index (χ2v) is 3.75. The third kappa shape index (κ3) is 2.33. The number of aryl methyl sites for hydroxylation is 2. The highest BCUT2D eigenvalue weighted by atomic mass is 16.5.